The Morgan fingerprint density at radius 3 is 2.32 bits per heavy atom. The Morgan fingerprint density at radius 2 is 1.89 bits per heavy atom. The van der Waals surface area contributed by atoms with Gasteiger partial charge in [0, 0.05) is 30.1 Å². The van der Waals surface area contributed by atoms with E-state index in [1.807, 2.05) is 4.90 Å². The summed E-state index contributed by atoms with van der Waals surface area (Å²) in [4.78, 5) is 14.1. The topological polar surface area (TPSA) is 41.6 Å². The monoisotopic (exact) mass is 270 g/mol. The van der Waals surface area contributed by atoms with Crippen molar-refractivity contribution in [3.05, 3.63) is 0 Å². The summed E-state index contributed by atoms with van der Waals surface area (Å²) in [7, 11) is 0. The Morgan fingerprint density at radius 1 is 1.32 bits per heavy atom. The third-order valence-electron chi connectivity index (χ3n) is 3.19. The molecule has 0 unspecified atom stereocenters. The zero-order valence-electron chi connectivity index (χ0n) is 13.5. The predicted molar refractivity (Wildman–Crippen MR) is 78.2 cm³/mol. The van der Waals surface area contributed by atoms with Crippen LogP contribution < -0.4 is 5.32 Å². The Balaban J connectivity index is 2.42. The minimum absolute atomic E-state index is 0.0694. The van der Waals surface area contributed by atoms with E-state index in [0.29, 0.717) is 6.61 Å². The molecule has 4 heteroatoms. The van der Waals surface area contributed by atoms with Crippen molar-refractivity contribution in [3.8, 4) is 0 Å². The van der Waals surface area contributed by atoms with Crippen molar-refractivity contribution in [1.82, 2.24) is 10.2 Å². The molecule has 0 bridgehead atoms. The van der Waals surface area contributed by atoms with Gasteiger partial charge < -0.3 is 15.0 Å². The number of rotatable bonds is 4. The summed E-state index contributed by atoms with van der Waals surface area (Å²) in [6.07, 6.45) is 0.543. The average molecular weight is 270 g/mol. The first-order valence-corrected chi connectivity index (χ1v) is 7.21. The fraction of sp³-hybridized carbons (Fsp3) is 0.933. The van der Waals surface area contributed by atoms with E-state index in [1.54, 1.807) is 0 Å². The van der Waals surface area contributed by atoms with Crippen LogP contribution in [0, 0.1) is 0 Å². The van der Waals surface area contributed by atoms with Gasteiger partial charge in [0.25, 0.3) is 5.91 Å². The van der Waals surface area contributed by atoms with Gasteiger partial charge in [-0.3, -0.25) is 4.79 Å². The van der Waals surface area contributed by atoms with Gasteiger partial charge in [0.2, 0.25) is 0 Å². The Labute approximate surface area is 117 Å². The van der Waals surface area contributed by atoms with E-state index in [1.165, 1.54) is 0 Å². The van der Waals surface area contributed by atoms with E-state index in [4.69, 9.17) is 4.74 Å². The summed E-state index contributed by atoms with van der Waals surface area (Å²) < 4.78 is 5.79. The third-order valence-corrected chi connectivity index (χ3v) is 3.19. The Kier molecular flexibility index (Phi) is 5.02. The second-order valence-corrected chi connectivity index (χ2v) is 7.57. The van der Waals surface area contributed by atoms with Crippen LogP contribution in [0.4, 0.5) is 0 Å². The van der Waals surface area contributed by atoms with Gasteiger partial charge >= 0.3 is 0 Å². The first kappa shape index (κ1) is 16.4. The van der Waals surface area contributed by atoms with Crippen molar-refractivity contribution in [2.75, 3.05) is 13.2 Å². The highest BCUT2D eigenvalue weighted by molar-refractivity contribution is 5.83. The maximum Gasteiger partial charge on any atom is 0.252 e. The molecule has 0 aromatic heterocycles. The molecule has 0 saturated carbocycles. The van der Waals surface area contributed by atoms with Crippen molar-refractivity contribution < 1.29 is 9.53 Å². The molecule has 1 aliphatic rings. The maximum absolute atomic E-state index is 12.2. The van der Waals surface area contributed by atoms with Gasteiger partial charge in [0.1, 0.15) is 6.10 Å². The zero-order valence-corrected chi connectivity index (χ0v) is 13.5. The van der Waals surface area contributed by atoms with Crippen LogP contribution in [0.2, 0.25) is 0 Å². The molecule has 4 nitrogen and oxygen atoms in total. The van der Waals surface area contributed by atoms with Crippen LogP contribution in [0.15, 0.2) is 0 Å². The van der Waals surface area contributed by atoms with E-state index < -0.39 is 0 Å². The molecule has 1 fully saturated rings. The summed E-state index contributed by atoms with van der Waals surface area (Å²) in [5, 5.41) is 3.45. The SMILES string of the molecule is C[C@@H](CO[C@@H]1CCN(C(C)(C)C)C1=O)NC(C)(C)C. The van der Waals surface area contributed by atoms with Crippen molar-refractivity contribution >= 4 is 5.91 Å². The molecular weight excluding hydrogens is 240 g/mol. The largest absolute Gasteiger partial charge is 0.367 e. The number of carbonyl (C=O) groups excluding carboxylic acids is 1. The molecule has 0 aromatic rings. The smallest absolute Gasteiger partial charge is 0.252 e. The van der Waals surface area contributed by atoms with Crippen LogP contribution in [0.5, 0.6) is 0 Å². The number of carbonyl (C=O) groups is 1. The minimum atomic E-state index is -0.261. The molecule has 0 spiro atoms. The molecule has 19 heavy (non-hydrogen) atoms. The number of amides is 1. The average Bonchev–Trinajstić information content (AvgIpc) is 2.53. The second kappa shape index (κ2) is 5.80. The quantitative estimate of drug-likeness (QED) is 0.851. The minimum Gasteiger partial charge on any atom is -0.367 e. The molecule has 0 aliphatic carbocycles. The summed E-state index contributed by atoms with van der Waals surface area (Å²) in [6, 6.07) is 0.247. The standard InChI is InChI=1S/C15H30N2O2/c1-11(16-14(2,3)4)10-19-12-8-9-17(13(12)18)15(5,6)7/h11-12,16H,8-10H2,1-7H3/t11-,12+/m0/s1. The second-order valence-electron chi connectivity index (χ2n) is 7.57. The Hall–Kier alpha value is -0.610. The highest BCUT2D eigenvalue weighted by atomic mass is 16.5. The van der Waals surface area contributed by atoms with E-state index in [0.717, 1.165) is 13.0 Å². The first-order valence-electron chi connectivity index (χ1n) is 7.21. The molecular formula is C15H30N2O2. The van der Waals surface area contributed by atoms with Gasteiger partial charge in [-0.05, 0) is 48.5 Å². The molecule has 2 atom stereocenters. The first-order chi connectivity index (χ1) is 8.50. The predicted octanol–water partition coefficient (Wildman–Crippen LogP) is 2.18. The number of hydrogen-bond donors (Lipinski definition) is 1. The highest BCUT2D eigenvalue weighted by Crippen LogP contribution is 2.23. The van der Waals surface area contributed by atoms with Crippen molar-refractivity contribution in [2.45, 2.75) is 78.1 Å². The van der Waals surface area contributed by atoms with Gasteiger partial charge in [-0.15, -0.1) is 0 Å². The van der Waals surface area contributed by atoms with Crippen LogP contribution >= 0.6 is 0 Å². The third kappa shape index (κ3) is 5.11. The number of hydrogen-bond acceptors (Lipinski definition) is 3. The lowest BCUT2D eigenvalue weighted by Crippen LogP contribution is -2.46. The van der Waals surface area contributed by atoms with Crippen molar-refractivity contribution in [3.63, 3.8) is 0 Å². The lowest BCUT2D eigenvalue weighted by Gasteiger charge is -2.32. The number of ether oxygens (including phenoxy) is 1. The summed E-state index contributed by atoms with van der Waals surface area (Å²) in [5.41, 5.74) is -0.0373. The van der Waals surface area contributed by atoms with Crippen LogP contribution in [0.25, 0.3) is 0 Å². The van der Waals surface area contributed by atoms with Gasteiger partial charge in [-0.25, -0.2) is 0 Å². The number of likely N-dealkylation sites (tertiary alicyclic amines) is 1. The molecule has 0 aromatic carbocycles. The van der Waals surface area contributed by atoms with Crippen molar-refractivity contribution in [2.24, 2.45) is 0 Å². The van der Waals surface area contributed by atoms with Crippen LogP contribution in [0.3, 0.4) is 0 Å². The van der Waals surface area contributed by atoms with E-state index in [9.17, 15) is 4.79 Å². The molecule has 1 heterocycles. The van der Waals surface area contributed by atoms with Gasteiger partial charge in [0.05, 0.1) is 6.61 Å². The molecule has 1 N–H and O–H groups in total. The van der Waals surface area contributed by atoms with Crippen LogP contribution in [-0.4, -0.2) is 47.2 Å². The van der Waals surface area contributed by atoms with Crippen LogP contribution in [-0.2, 0) is 9.53 Å². The summed E-state index contributed by atoms with van der Waals surface area (Å²) in [5.74, 6) is 0.135. The molecule has 0 radical (unpaired) electrons. The van der Waals surface area contributed by atoms with Crippen LogP contribution in [0.1, 0.15) is 54.9 Å². The zero-order chi connectivity index (χ0) is 14.8. The number of nitrogens with zero attached hydrogens (tertiary/aromatic N) is 1. The lowest BCUT2D eigenvalue weighted by molar-refractivity contribution is -0.141. The molecule has 1 rings (SSSR count). The normalized spacial score (nSPS) is 23.0. The molecule has 1 aliphatic heterocycles. The number of nitrogens with one attached hydrogen (secondary N) is 1. The highest BCUT2D eigenvalue weighted by Gasteiger charge is 2.38. The van der Waals surface area contributed by atoms with Gasteiger partial charge in [-0.1, -0.05) is 0 Å². The molecule has 1 amide bonds. The fourth-order valence-electron chi connectivity index (χ4n) is 2.52. The van der Waals surface area contributed by atoms with Gasteiger partial charge in [0.15, 0.2) is 0 Å². The maximum atomic E-state index is 12.2. The van der Waals surface area contributed by atoms with Gasteiger partial charge in [-0.2, -0.15) is 0 Å². The molecule has 112 valence electrons. The summed E-state index contributed by atoms with van der Waals surface area (Å²) in [6.45, 7) is 16.1. The lowest BCUT2D eigenvalue weighted by atomic mass is 10.1. The fourth-order valence-corrected chi connectivity index (χ4v) is 2.52. The van der Waals surface area contributed by atoms with E-state index in [2.05, 4.69) is 53.8 Å². The van der Waals surface area contributed by atoms with E-state index >= 15 is 0 Å². The Bertz CT molecular complexity index is 315. The van der Waals surface area contributed by atoms with Crippen molar-refractivity contribution in [1.29, 1.82) is 0 Å². The van der Waals surface area contributed by atoms with E-state index in [-0.39, 0.29) is 29.1 Å². The summed E-state index contributed by atoms with van der Waals surface area (Å²) >= 11 is 0. The molecule has 1 saturated heterocycles.